The first-order valence-corrected chi connectivity index (χ1v) is 15.2. The molecule has 1 fully saturated rings. The highest BCUT2D eigenvalue weighted by Crippen LogP contribution is 2.26. The summed E-state index contributed by atoms with van der Waals surface area (Å²) in [4.78, 5) is 53.6. The van der Waals surface area contributed by atoms with Crippen LogP contribution in [0.5, 0.6) is 5.75 Å². The summed E-state index contributed by atoms with van der Waals surface area (Å²) < 4.78 is 10.7. The first-order valence-electron chi connectivity index (χ1n) is 13.8. The van der Waals surface area contributed by atoms with Crippen LogP contribution in [0.1, 0.15) is 59.4 Å². The summed E-state index contributed by atoms with van der Waals surface area (Å²) in [6.45, 7) is 11.8. The van der Waals surface area contributed by atoms with Crippen molar-refractivity contribution in [3.8, 4) is 5.75 Å². The Morgan fingerprint density at radius 2 is 1.75 bits per heavy atom. The number of hydrogen-bond acceptors (Lipinski definition) is 7. The van der Waals surface area contributed by atoms with Gasteiger partial charge in [0.05, 0.1) is 12.8 Å². The molecule has 1 heterocycles. The van der Waals surface area contributed by atoms with Gasteiger partial charge in [-0.1, -0.05) is 19.9 Å². The second kappa shape index (κ2) is 15.2. The number of carbonyl (C=O) groups excluding carboxylic acids is 4. The van der Waals surface area contributed by atoms with Gasteiger partial charge < -0.3 is 30.3 Å². The number of aryl methyl sites for hydroxylation is 1. The van der Waals surface area contributed by atoms with Crippen LogP contribution in [-0.2, 0) is 19.1 Å². The van der Waals surface area contributed by atoms with Gasteiger partial charge in [0.15, 0.2) is 0 Å². The lowest BCUT2D eigenvalue weighted by atomic mass is 9.93. The zero-order chi connectivity index (χ0) is 30.0. The number of hydrogen-bond donors (Lipinski definition) is 3. The maximum atomic E-state index is 13.3. The lowest BCUT2D eigenvalue weighted by Gasteiger charge is -2.35. The van der Waals surface area contributed by atoms with Gasteiger partial charge in [-0.25, -0.2) is 4.79 Å². The fraction of sp³-hybridized carbons (Fsp3) is 0.655. The van der Waals surface area contributed by atoms with Gasteiger partial charge in [-0.05, 0) is 82.6 Å². The van der Waals surface area contributed by atoms with Crippen molar-refractivity contribution in [2.24, 2.45) is 11.8 Å². The van der Waals surface area contributed by atoms with Crippen molar-refractivity contribution in [2.75, 3.05) is 37.5 Å². The summed E-state index contributed by atoms with van der Waals surface area (Å²) in [6.07, 6.45) is 2.74. The van der Waals surface area contributed by atoms with Crippen LogP contribution in [0.25, 0.3) is 0 Å². The molecule has 0 bridgehead atoms. The van der Waals surface area contributed by atoms with Crippen molar-refractivity contribution in [1.82, 2.24) is 15.5 Å². The molecule has 2 atom stereocenters. The first kappa shape index (κ1) is 33.3. The Kier molecular flexibility index (Phi) is 12.6. The van der Waals surface area contributed by atoms with E-state index in [1.807, 2.05) is 39.2 Å². The molecule has 1 saturated heterocycles. The van der Waals surface area contributed by atoms with E-state index in [2.05, 4.69) is 16.0 Å². The third kappa shape index (κ3) is 10.2. The highest BCUT2D eigenvalue weighted by Gasteiger charge is 2.34. The second-order valence-corrected chi connectivity index (χ2v) is 12.5. The number of likely N-dealkylation sites (tertiary alicyclic amines) is 1. The van der Waals surface area contributed by atoms with Gasteiger partial charge in [0.25, 0.3) is 0 Å². The summed E-state index contributed by atoms with van der Waals surface area (Å²) in [7, 11) is 1.54. The molecule has 1 aliphatic heterocycles. The van der Waals surface area contributed by atoms with E-state index in [4.69, 9.17) is 9.47 Å². The molecule has 224 valence electrons. The van der Waals surface area contributed by atoms with Crippen molar-refractivity contribution in [2.45, 2.75) is 78.5 Å². The van der Waals surface area contributed by atoms with Crippen molar-refractivity contribution in [1.29, 1.82) is 0 Å². The Bertz CT molecular complexity index is 1030. The number of ether oxygens (including phenoxy) is 2. The molecular weight excluding hydrogens is 532 g/mol. The van der Waals surface area contributed by atoms with E-state index in [1.165, 1.54) is 7.11 Å². The number of methoxy groups -OCH3 is 1. The number of carbonyl (C=O) groups is 4. The Morgan fingerprint density at radius 3 is 2.30 bits per heavy atom. The minimum absolute atomic E-state index is 0.141. The summed E-state index contributed by atoms with van der Waals surface area (Å²) in [6, 6.07) is 4.09. The third-order valence-electron chi connectivity index (χ3n) is 6.64. The van der Waals surface area contributed by atoms with Crippen molar-refractivity contribution >= 4 is 41.3 Å². The van der Waals surface area contributed by atoms with Crippen LogP contribution in [0.3, 0.4) is 0 Å². The predicted molar refractivity (Wildman–Crippen MR) is 159 cm³/mol. The van der Waals surface area contributed by atoms with E-state index in [0.29, 0.717) is 49.5 Å². The molecule has 1 aromatic carbocycles. The van der Waals surface area contributed by atoms with Crippen LogP contribution in [0, 0.1) is 18.8 Å². The molecule has 3 N–H and O–H groups in total. The van der Waals surface area contributed by atoms with E-state index < -0.39 is 23.8 Å². The molecular formula is C29H46N4O6S. The fourth-order valence-corrected chi connectivity index (χ4v) is 4.93. The standard InChI is InChI=1S/C29H46N4O6S/c1-18(2)24(26(35)30-22-17-19(3)9-10-23(22)38-7)32-25(34)20-11-14-33(15-12-20)27(36)21(13-16-40-8)31-28(37)39-29(4,5)6/h9-10,17-18,20-21,24H,11-16H2,1-8H3,(H,30,35)(H,31,37)(H,32,34). The SMILES string of the molecule is COc1ccc(C)cc1NC(=O)C(NC(=O)C1CCN(C(=O)C(CCSC)NC(=O)OC(C)(C)C)CC1)C(C)C. The van der Waals surface area contributed by atoms with E-state index in [0.717, 1.165) is 5.56 Å². The second-order valence-electron chi connectivity index (χ2n) is 11.5. The van der Waals surface area contributed by atoms with Gasteiger partial charge in [-0.15, -0.1) is 0 Å². The maximum Gasteiger partial charge on any atom is 0.408 e. The number of thioether (sulfide) groups is 1. The number of alkyl carbamates (subject to hydrolysis) is 1. The van der Waals surface area contributed by atoms with Crippen molar-refractivity contribution < 1.29 is 28.7 Å². The fourth-order valence-electron chi connectivity index (χ4n) is 4.46. The average molecular weight is 579 g/mol. The number of anilines is 1. The molecule has 11 heteroatoms. The molecule has 0 aromatic heterocycles. The zero-order valence-corrected chi connectivity index (χ0v) is 25.9. The minimum atomic E-state index is -0.730. The van der Waals surface area contributed by atoms with Crippen LogP contribution in [0.2, 0.25) is 0 Å². The lowest BCUT2D eigenvalue weighted by molar-refractivity contribution is -0.138. The Hall–Kier alpha value is -2.95. The number of amides is 4. The molecule has 10 nitrogen and oxygen atoms in total. The van der Waals surface area contributed by atoms with Crippen LogP contribution < -0.4 is 20.7 Å². The smallest absolute Gasteiger partial charge is 0.408 e. The quantitative estimate of drug-likeness (QED) is 0.363. The lowest BCUT2D eigenvalue weighted by Crippen LogP contribution is -2.54. The average Bonchev–Trinajstić information content (AvgIpc) is 2.88. The number of benzene rings is 1. The molecule has 4 amide bonds. The number of piperidine rings is 1. The molecule has 2 unspecified atom stereocenters. The Labute approximate surface area is 242 Å². The Morgan fingerprint density at radius 1 is 1.10 bits per heavy atom. The summed E-state index contributed by atoms with van der Waals surface area (Å²) in [5.74, 6) is 0.0884. The molecule has 2 rings (SSSR count). The van der Waals surface area contributed by atoms with Crippen molar-refractivity contribution in [3.63, 3.8) is 0 Å². The van der Waals surface area contributed by atoms with Crippen LogP contribution in [0.4, 0.5) is 10.5 Å². The van der Waals surface area contributed by atoms with E-state index in [9.17, 15) is 19.2 Å². The van der Waals surface area contributed by atoms with Gasteiger partial charge in [-0.2, -0.15) is 11.8 Å². The molecule has 40 heavy (non-hydrogen) atoms. The van der Waals surface area contributed by atoms with Crippen LogP contribution in [0.15, 0.2) is 18.2 Å². The first-order chi connectivity index (χ1) is 18.7. The molecule has 0 radical (unpaired) electrons. The molecule has 1 aliphatic rings. The van der Waals surface area contributed by atoms with Gasteiger partial charge >= 0.3 is 6.09 Å². The number of rotatable bonds is 11. The normalized spacial score (nSPS) is 15.7. The van der Waals surface area contributed by atoms with Gasteiger partial charge in [0.2, 0.25) is 17.7 Å². The highest BCUT2D eigenvalue weighted by molar-refractivity contribution is 7.98. The molecule has 0 aliphatic carbocycles. The summed E-state index contributed by atoms with van der Waals surface area (Å²) in [5, 5.41) is 8.55. The van der Waals surface area contributed by atoms with Gasteiger partial charge in [0, 0.05) is 19.0 Å². The van der Waals surface area contributed by atoms with E-state index in [-0.39, 0.29) is 29.6 Å². The van der Waals surface area contributed by atoms with Crippen molar-refractivity contribution in [3.05, 3.63) is 23.8 Å². The predicted octanol–water partition coefficient (Wildman–Crippen LogP) is 3.97. The molecule has 0 spiro atoms. The molecule has 1 aromatic rings. The number of nitrogens with one attached hydrogen (secondary N) is 3. The monoisotopic (exact) mass is 578 g/mol. The zero-order valence-electron chi connectivity index (χ0n) is 25.1. The molecule has 0 saturated carbocycles. The van der Waals surface area contributed by atoms with Crippen LogP contribution in [-0.4, -0.2) is 78.6 Å². The Balaban J connectivity index is 1.99. The third-order valence-corrected chi connectivity index (χ3v) is 7.28. The van der Waals surface area contributed by atoms with E-state index in [1.54, 1.807) is 43.5 Å². The largest absolute Gasteiger partial charge is 0.495 e. The van der Waals surface area contributed by atoms with Gasteiger partial charge in [-0.3, -0.25) is 14.4 Å². The van der Waals surface area contributed by atoms with E-state index >= 15 is 0 Å². The highest BCUT2D eigenvalue weighted by atomic mass is 32.2. The minimum Gasteiger partial charge on any atom is -0.495 e. The topological polar surface area (TPSA) is 126 Å². The van der Waals surface area contributed by atoms with Crippen LogP contribution >= 0.6 is 11.8 Å². The van der Waals surface area contributed by atoms with Gasteiger partial charge in [0.1, 0.15) is 23.4 Å². The summed E-state index contributed by atoms with van der Waals surface area (Å²) in [5.41, 5.74) is 0.856. The summed E-state index contributed by atoms with van der Waals surface area (Å²) >= 11 is 1.60. The maximum absolute atomic E-state index is 13.3. The number of nitrogens with zero attached hydrogens (tertiary/aromatic N) is 1.